The molecule has 1 aromatic carbocycles. The first-order valence-corrected chi connectivity index (χ1v) is 7.21. The normalized spacial score (nSPS) is 18.6. The summed E-state index contributed by atoms with van der Waals surface area (Å²) in [6.07, 6.45) is 4.29. The van der Waals surface area contributed by atoms with Crippen molar-refractivity contribution in [1.82, 2.24) is 0 Å². The smallest absolute Gasteiger partial charge is 0.235 e. The van der Waals surface area contributed by atoms with Crippen LogP contribution in [0.1, 0.15) is 30.9 Å². The lowest BCUT2D eigenvalue weighted by Crippen LogP contribution is -2.19. The summed E-state index contributed by atoms with van der Waals surface area (Å²) >= 11 is 3.59. The highest BCUT2D eigenvalue weighted by atomic mass is 79.9. The molecular weight excluding hydrogens is 310 g/mol. The van der Waals surface area contributed by atoms with E-state index in [1.54, 1.807) is 6.08 Å². The molecule has 1 heterocycles. The Morgan fingerprint density at radius 3 is 2.79 bits per heavy atom. The van der Waals surface area contributed by atoms with E-state index in [9.17, 15) is 4.79 Å². The van der Waals surface area contributed by atoms with E-state index >= 15 is 0 Å². The van der Waals surface area contributed by atoms with Crippen molar-refractivity contribution in [2.24, 2.45) is 4.99 Å². The monoisotopic (exact) mass is 323 g/mol. The Labute approximate surface area is 119 Å². The van der Waals surface area contributed by atoms with Crippen LogP contribution in [0.3, 0.4) is 0 Å². The molecule has 100 valence electrons. The van der Waals surface area contributed by atoms with Gasteiger partial charge < -0.3 is 9.47 Å². The van der Waals surface area contributed by atoms with Gasteiger partial charge in [0.2, 0.25) is 6.08 Å². The molecule has 2 aliphatic rings. The van der Waals surface area contributed by atoms with Gasteiger partial charge in [-0.1, -0.05) is 22.9 Å². The number of fused-ring (bicyclic) bond motifs is 1. The van der Waals surface area contributed by atoms with Gasteiger partial charge in [-0.15, -0.1) is 0 Å². The maximum Gasteiger partial charge on any atom is 0.235 e. The van der Waals surface area contributed by atoms with Gasteiger partial charge in [0, 0.05) is 15.6 Å². The van der Waals surface area contributed by atoms with Crippen LogP contribution in [0.25, 0.3) is 0 Å². The van der Waals surface area contributed by atoms with Crippen molar-refractivity contribution >= 4 is 22.0 Å². The number of benzene rings is 1. The highest BCUT2D eigenvalue weighted by Crippen LogP contribution is 2.56. The van der Waals surface area contributed by atoms with E-state index in [2.05, 4.69) is 27.8 Å². The molecule has 0 bridgehead atoms. The summed E-state index contributed by atoms with van der Waals surface area (Å²) in [5, 5.41) is 0. The molecule has 0 saturated heterocycles. The van der Waals surface area contributed by atoms with Crippen LogP contribution in [-0.2, 0) is 16.8 Å². The molecule has 19 heavy (non-hydrogen) atoms. The van der Waals surface area contributed by atoms with Gasteiger partial charge in [-0.05, 0) is 25.3 Å². The lowest BCUT2D eigenvalue weighted by molar-refractivity contribution is 0.169. The zero-order chi connectivity index (χ0) is 13.5. The van der Waals surface area contributed by atoms with Gasteiger partial charge in [0.05, 0.1) is 5.54 Å². The number of ether oxygens (including phenoxy) is 2. The molecule has 0 unspecified atom stereocenters. The minimum Gasteiger partial charge on any atom is -0.486 e. The molecule has 0 N–H and O–H groups in total. The number of rotatable bonds is 3. The van der Waals surface area contributed by atoms with E-state index in [1.165, 1.54) is 0 Å². The molecule has 1 fully saturated rings. The molecule has 1 aliphatic carbocycles. The second kappa shape index (κ2) is 4.66. The third-order valence-electron chi connectivity index (χ3n) is 3.69. The lowest BCUT2D eigenvalue weighted by Gasteiger charge is -2.25. The standard InChI is InChI=1S/C14H14BrNO3/c1-2-9-12(14(3-4-14)16-8-17)10(15)7-11-13(9)19-6-5-18-11/h7H,2-6H2,1H3. The summed E-state index contributed by atoms with van der Waals surface area (Å²) in [5.74, 6) is 1.57. The van der Waals surface area contributed by atoms with Crippen molar-refractivity contribution in [2.45, 2.75) is 31.7 Å². The molecule has 0 amide bonds. The Hall–Kier alpha value is -1.32. The predicted molar refractivity (Wildman–Crippen MR) is 73.5 cm³/mol. The summed E-state index contributed by atoms with van der Waals surface area (Å²) in [4.78, 5) is 14.7. The molecule has 4 nitrogen and oxygen atoms in total. The van der Waals surface area contributed by atoms with Gasteiger partial charge in [0.15, 0.2) is 11.5 Å². The Kier molecular flexibility index (Phi) is 3.11. The number of nitrogens with zero attached hydrogens (tertiary/aromatic N) is 1. The maximum atomic E-state index is 10.7. The number of halogens is 1. The van der Waals surface area contributed by atoms with Crippen molar-refractivity contribution in [3.8, 4) is 11.5 Å². The Morgan fingerprint density at radius 2 is 2.16 bits per heavy atom. The summed E-state index contributed by atoms with van der Waals surface area (Å²) in [7, 11) is 0. The van der Waals surface area contributed by atoms with Gasteiger partial charge in [-0.2, -0.15) is 4.99 Å². The summed E-state index contributed by atoms with van der Waals surface area (Å²) in [6.45, 7) is 3.20. The van der Waals surface area contributed by atoms with Crippen LogP contribution in [0.2, 0.25) is 0 Å². The van der Waals surface area contributed by atoms with Crippen LogP contribution in [0.4, 0.5) is 0 Å². The van der Waals surface area contributed by atoms with Crippen LogP contribution in [0.5, 0.6) is 11.5 Å². The third-order valence-corrected chi connectivity index (χ3v) is 4.31. The Morgan fingerprint density at radius 1 is 1.42 bits per heavy atom. The zero-order valence-corrected chi connectivity index (χ0v) is 12.2. The third kappa shape index (κ3) is 1.97. The fraction of sp³-hybridized carbons (Fsp3) is 0.500. The van der Waals surface area contributed by atoms with Crippen molar-refractivity contribution in [1.29, 1.82) is 0 Å². The van der Waals surface area contributed by atoms with E-state index in [0.29, 0.717) is 13.2 Å². The number of hydrogen-bond acceptors (Lipinski definition) is 4. The Bertz CT molecular complexity index is 575. The molecule has 1 aliphatic heterocycles. The van der Waals surface area contributed by atoms with Crippen molar-refractivity contribution < 1.29 is 14.3 Å². The SMILES string of the molecule is CCc1c2c(cc(Br)c1C1(N=C=O)CC1)OCCO2. The van der Waals surface area contributed by atoms with Crippen LogP contribution >= 0.6 is 15.9 Å². The van der Waals surface area contributed by atoms with E-state index in [0.717, 1.165) is 46.4 Å². The zero-order valence-electron chi connectivity index (χ0n) is 10.7. The molecule has 3 rings (SSSR count). The number of aliphatic imine (C=N–C) groups is 1. The fourth-order valence-corrected chi connectivity index (χ4v) is 3.50. The molecular formula is C14H14BrNO3. The minimum atomic E-state index is -0.401. The lowest BCUT2D eigenvalue weighted by atomic mass is 9.95. The van der Waals surface area contributed by atoms with Crippen LogP contribution in [-0.4, -0.2) is 19.3 Å². The molecule has 0 radical (unpaired) electrons. The van der Waals surface area contributed by atoms with Crippen LogP contribution in [0, 0.1) is 0 Å². The van der Waals surface area contributed by atoms with Crippen molar-refractivity contribution in [2.75, 3.05) is 13.2 Å². The quantitative estimate of drug-likeness (QED) is 0.634. The van der Waals surface area contributed by atoms with E-state index in [1.807, 2.05) is 6.07 Å². The number of isocyanates is 1. The summed E-state index contributed by atoms with van der Waals surface area (Å²) in [5.41, 5.74) is 1.74. The molecule has 1 aromatic rings. The predicted octanol–water partition coefficient (Wildman–Crippen LogP) is 3.11. The van der Waals surface area contributed by atoms with Crippen molar-refractivity contribution in [3.05, 3.63) is 21.7 Å². The van der Waals surface area contributed by atoms with Crippen LogP contribution in [0.15, 0.2) is 15.5 Å². The average Bonchev–Trinajstić information content (AvgIpc) is 3.18. The maximum absolute atomic E-state index is 10.7. The van der Waals surface area contributed by atoms with E-state index < -0.39 is 5.54 Å². The molecule has 0 spiro atoms. The molecule has 1 saturated carbocycles. The first kappa shape index (κ1) is 12.7. The summed E-state index contributed by atoms with van der Waals surface area (Å²) < 4.78 is 12.3. The molecule has 5 heteroatoms. The average molecular weight is 324 g/mol. The fourth-order valence-electron chi connectivity index (χ4n) is 2.68. The largest absolute Gasteiger partial charge is 0.486 e. The van der Waals surface area contributed by atoms with Crippen LogP contribution < -0.4 is 9.47 Å². The van der Waals surface area contributed by atoms with E-state index in [4.69, 9.17) is 9.47 Å². The topological polar surface area (TPSA) is 47.9 Å². The van der Waals surface area contributed by atoms with Crippen molar-refractivity contribution in [3.63, 3.8) is 0 Å². The first-order valence-electron chi connectivity index (χ1n) is 6.42. The highest BCUT2D eigenvalue weighted by molar-refractivity contribution is 9.10. The number of carbonyl (C=O) groups excluding carboxylic acids is 1. The second-order valence-electron chi connectivity index (χ2n) is 4.82. The van der Waals surface area contributed by atoms with Gasteiger partial charge in [-0.3, -0.25) is 0 Å². The molecule has 0 atom stereocenters. The van der Waals surface area contributed by atoms with E-state index in [-0.39, 0.29) is 0 Å². The van der Waals surface area contributed by atoms with Gasteiger partial charge in [-0.25, -0.2) is 4.79 Å². The van der Waals surface area contributed by atoms with Gasteiger partial charge >= 0.3 is 0 Å². The Balaban J connectivity index is 2.21. The summed E-state index contributed by atoms with van der Waals surface area (Å²) in [6, 6.07) is 1.92. The second-order valence-corrected chi connectivity index (χ2v) is 5.68. The minimum absolute atomic E-state index is 0.401. The highest BCUT2D eigenvalue weighted by Gasteiger charge is 2.48. The number of hydrogen-bond donors (Lipinski definition) is 0. The first-order chi connectivity index (χ1) is 9.22. The molecule has 0 aromatic heterocycles. The van der Waals surface area contributed by atoms with Gasteiger partial charge in [0.25, 0.3) is 0 Å². The van der Waals surface area contributed by atoms with Gasteiger partial charge in [0.1, 0.15) is 13.2 Å².